The Labute approximate surface area is 101 Å². The zero-order chi connectivity index (χ0) is 11.4. The van der Waals surface area contributed by atoms with E-state index in [1.807, 2.05) is 0 Å². The van der Waals surface area contributed by atoms with Gasteiger partial charge in [-0.2, -0.15) is 0 Å². The summed E-state index contributed by atoms with van der Waals surface area (Å²) in [6.45, 7) is 6.42. The van der Waals surface area contributed by atoms with Crippen molar-refractivity contribution in [2.45, 2.75) is 51.5 Å². The fourth-order valence-corrected chi connectivity index (χ4v) is 3.28. The van der Waals surface area contributed by atoms with Gasteiger partial charge < -0.3 is 10.2 Å². The van der Waals surface area contributed by atoms with Crippen molar-refractivity contribution in [2.75, 3.05) is 26.7 Å². The Kier molecular flexibility index (Phi) is 4.66. The first-order chi connectivity index (χ1) is 7.78. The lowest BCUT2D eigenvalue weighted by atomic mass is 9.82. The number of rotatable bonds is 3. The summed E-state index contributed by atoms with van der Waals surface area (Å²) < 4.78 is 0. The molecule has 2 rings (SSSR count). The molecule has 94 valence electrons. The highest BCUT2D eigenvalue weighted by Crippen LogP contribution is 2.29. The fourth-order valence-electron chi connectivity index (χ4n) is 3.28. The first-order valence-corrected chi connectivity index (χ1v) is 7.17. The van der Waals surface area contributed by atoms with E-state index in [0.717, 1.165) is 17.9 Å². The molecule has 1 saturated heterocycles. The molecule has 2 nitrogen and oxygen atoms in total. The van der Waals surface area contributed by atoms with Gasteiger partial charge in [-0.15, -0.1) is 0 Å². The van der Waals surface area contributed by atoms with Gasteiger partial charge in [0, 0.05) is 12.6 Å². The monoisotopic (exact) mass is 224 g/mol. The van der Waals surface area contributed by atoms with Crippen LogP contribution in [0.4, 0.5) is 0 Å². The third kappa shape index (κ3) is 3.46. The number of hydrogen-bond donors (Lipinski definition) is 1. The van der Waals surface area contributed by atoms with Gasteiger partial charge in [-0.05, 0) is 57.7 Å². The van der Waals surface area contributed by atoms with Crippen LogP contribution >= 0.6 is 0 Å². The topological polar surface area (TPSA) is 15.3 Å². The van der Waals surface area contributed by atoms with Gasteiger partial charge in [-0.3, -0.25) is 0 Å². The molecule has 0 radical (unpaired) electrons. The predicted molar refractivity (Wildman–Crippen MR) is 69.6 cm³/mol. The van der Waals surface area contributed by atoms with Gasteiger partial charge in [0.2, 0.25) is 0 Å². The molecule has 1 N–H and O–H groups in total. The minimum absolute atomic E-state index is 0.780. The van der Waals surface area contributed by atoms with Crippen molar-refractivity contribution >= 4 is 0 Å². The van der Waals surface area contributed by atoms with Crippen molar-refractivity contribution in [1.29, 1.82) is 0 Å². The van der Waals surface area contributed by atoms with Crippen molar-refractivity contribution in [2.24, 2.45) is 11.8 Å². The lowest BCUT2D eigenvalue weighted by Gasteiger charge is -2.36. The van der Waals surface area contributed by atoms with E-state index >= 15 is 0 Å². The lowest BCUT2D eigenvalue weighted by Crippen LogP contribution is -2.43. The molecule has 0 aromatic rings. The quantitative estimate of drug-likeness (QED) is 0.792. The van der Waals surface area contributed by atoms with Gasteiger partial charge in [0.1, 0.15) is 0 Å². The molecule has 0 atom stereocenters. The molecule has 0 aromatic heterocycles. The van der Waals surface area contributed by atoms with Gasteiger partial charge in [0.25, 0.3) is 0 Å². The largest absolute Gasteiger partial charge is 0.317 e. The molecule has 0 amide bonds. The Hall–Kier alpha value is -0.0800. The van der Waals surface area contributed by atoms with Crippen LogP contribution in [-0.4, -0.2) is 37.6 Å². The molecular formula is C14H28N2. The van der Waals surface area contributed by atoms with Crippen molar-refractivity contribution in [3.05, 3.63) is 0 Å². The average Bonchev–Trinajstić information content (AvgIpc) is 2.33. The zero-order valence-electron chi connectivity index (χ0n) is 11.0. The first-order valence-electron chi connectivity index (χ1n) is 7.17. The summed E-state index contributed by atoms with van der Waals surface area (Å²) in [5.74, 6) is 1.99. The molecule has 0 unspecified atom stereocenters. The van der Waals surface area contributed by atoms with Crippen LogP contribution in [-0.2, 0) is 0 Å². The van der Waals surface area contributed by atoms with E-state index in [4.69, 9.17) is 0 Å². The van der Waals surface area contributed by atoms with E-state index in [1.165, 1.54) is 58.2 Å². The van der Waals surface area contributed by atoms with Crippen LogP contribution in [0.5, 0.6) is 0 Å². The van der Waals surface area contributed by atoms with Crippen LogP contribution in [0.1, 0.15) is 45.4 Å². The molecule has 16 heavy (non-hydrogen) atoms. The highest BCUT2D eigenvalue weighted by atomic mass is 15.1. The minimum atomic E-state index is 0.780. The van der Waals surface area contributed by atoms with Crippen LogP contribution in [0.15, 0.2) is 0 Å². The van der Waals surface area contributed by atoms with Crippen molar-refractivity contribution in [3.63, 3.8) is 0 Å². The molecule has 0 bridgehead atoms. The molecular weight excluding hydrogens is 196 g/mol. The van der Waals surface area contributed by atoms with Crippen LogP contribution in [0, 0.1) is 11.8 Å². The van der Waals surface area contributed by atoms with Crippen molar-refractivity contribution in [1.82, 2.24) is 10.2 Å². The second-order valence-corrected chi connectivity index (χ2v) is 5.99. The molecule has 2 aliphatic rings. The van der Waals surface area contributed by atoms with E-state index < -0.39 is 0 Å². The predicted octanol–water partition coefficient (Wildman–Crippen LogP) is 2.50. The van der Waals surface area contributed by atoms with Crippen molar-refractivity contribution < 1.29 is 0 Å². The molecule has 1 aliphatic heterocycles. The Morgan fingerprint density at radius 2 is 1.62 bits per heavy atom. The fraction of sp³-hybridized carbons (Fsp3) is 1.00. The second kappa shape index (κ2) is 6.02. The molecule has 1 heterocycles. The maximum Gasteiger partial charge on any atom is 0.00884 e. The van der Waals surface area contributed by atoms with Gasteiger partial charge in [-0.25, -0.2) is 0 Å². The lowest BCUT2D eigenvalue weighted by molar-refractivity contribution is 0.149. The summed E-state index contributed by atoms with van der Waals surface area (Å²) >= 11 is 0. The van der Waals surface area contributed by atoms with Gasteiger partial charge in [-0.1, -0.05) is 19.8 Å². The maximum absolute atomic E-state index is 3.41. The second-order valence-electron chi connectivity index (χ2n) is 5.99. The SMILES string of the molecule is CNC1CCN(CC2CCC(C)CC2)CC1. The summed E-state index contributed by atoms with van der Waals surface area (Å²) in [5.41, 5.74) is 0. The van der Waals surface area contributed by atoms with Crippen LogP contribution in [0.3, 0.4) is 0 Å². The van der Waals surface area contributed by atoms with Crippen LogP contribution in [0.25, 0.3) is 0 Å². The van der Waals surface area contributed by atoms with Crippen molar-refractivity contribution in [3.8, 4) is 0 Å². The summed E-state index contributed by atoms with van der Waals surface area (Å²) in [7, 11) is 2.10. The highest BCUT2D eigenvalue weighted by Gasteiger charge is 2.23. The van der Waals surface area contributed by atoms with E-state index in [0.29, 0.717) is 0 Å². The van der Waals surface area contributed by atoms with E-state index in [2.05, 4.69) is 24.2 Å². The molecule has 0 aromatic carbocycles. The third-order valence-electron chi connectivity index (χ3n) is 4.65. The Balaban J connectivity index is 1.66. The van der Waals surface area contributed by atoms with E-state index in [1.54, 1.807) is 0 Å². The number of piperidine rings is 1. The minimum Gasteiger partial charge on any atom is -0.317 e. The summed E-state index contributed by atoms with van der Waals surface area (Å²) in [5, 5.41) is 3.41. The number of nitrogens with zero attached hydrogens (tertiary/aromatic N) is 1. The highest BCUT2D eigenvalue weighted by molar-refractivity contribution is 4.79. The number of nitrogens with one attached hydrogen (secondary N) is 1. The van der Waals surface area contributed by atoms with E-state index in [-0.39, 0.29) is 0 Å². The number of hydrogen-bond acceptors (Lipinski definition) is 2. The van der Waals surface area contributed by atoms with Gasteiger partial charge in [0.15, 0.2) is 0 Å². The normalized spacial score (nSPS) is 34.1. The molecule has 1 aliphatic carbocycles. The Morgan fingerprint density at radius 1 is 1.00 bits per heavy atom. The molecule has 1 saturated carbocycles. The van der Waals surface area contributed by atoms with E-state index in [9.17, 15) is 0 Å². The van der Waals surface area contributed by atoms with Gasteiger partial charge in [0.05, 0.1) is 0 Å². The zero-order valence-corrected chi connectivity index (χ0v) is 11.0. The smallest absolute Gasteiger partial charge is 0.00884 e. The molecule has 0 spiro atoms. The summed E-state index contributed by atoms with van der Waals surface area (Å²) in [6, 6.07) is 0.780. The van der Waals surface area contributed by atoms with Crippen LogP contribution < -0.4 is 5.32 Å². The first kappa shape index (κ1) is 12.4. The standard InChI is InChI=1S/C14H28N2/c1-12-3-5-13(6-4-12)11-16-9-7-14(15-2)8-10-16/h12-15H,3-11H2,1-2H3. The Morgan fingerprint density at radius 3 is 2.19 bits per heavy atom. The summed E-state index contributed by atoms with van der Waals surface area (Å²) in [4.78, 5) is 2.70. The Bertz CT molecular complexity index is 189. The van der Waals surface area contributed by atoms with Crippen LogP contribution in [0.2, 0.25) is 0 Å². The molecule has 2 heteroatoms. The average molecular weight is 224 g/mol. The van der Waals surface area contributed by atoms with Gasteiger partial charge >= 0.3 is 0 Å². The molecule has 2 fully saturated rings. The maximum atomic E-state index is 3.41. The third-order valence-corrected chi connectivity index (χ3v) is 4.65. The summed E-state index contributed by atoms with van der Waals surface area (Å²) in [6.07, 6.45) is 8.59. The number of likely N-dealkylation sites (tertiary alicyclic amines) is 1.